The van der Waals surface area contributed by atoms with Crippen LogP contribution in [0.5, 0.6) is 0 Å². The third-order valence-corrected chi connectivity index (χ3v) is 3.53. The largest absolute Gasteiger partial charge is 0.411 e. The van der Waals surface area contributed by atoms with E-state index in [2.05, 4.69) is 19.0 Å². The maximum absolute atomic E-state index is 8.96. The molecule has 0 bridgehead atoms. The van der Waals surface area contributed by atoms with Crippen molar-refractivity contribution < 1.29 is 5.21 Å². The molecule has 0 saturated heterocycles. The minimum absolute atomic E-state index is 0.995. The summed E-state index contributed by atoms with van der Waals surface area (Å²) in [7, 11) is 0. The van der Waals surface area contributed by atoms with Gasteiger partial charge in [-0.25, -0.2) is 0 Å². The predicted molar refractivity (Wildman–Crippen MR) is 80.6 cm³/mol. The molecule has 0 aliphatic carbocycles. The van der Waals surface area contributed by atoms with E-state index in [9.17, 15) is 0 Å². The molecule has 18 heavy (non-hydrogen) atoms. The van der Waals surface area contributed by atoms with Crippen LogP contribution in [0.15, 0.2) is 5.16 Å². The van der Waals surface area contributed by atoms with Crippen LogP contribution in [0.4, 0.5) is 0 Å². The lowest BCUT2D eigenvalue weighted by Gasteiger charge is -2.04. The van der Waals surface area contributed by atoms with E-state index in [1.54, 1.807) is 0 Å². The Morgan fingerprint density at radius 2 is 1.06 bits per heavy atom. The van der Waals surface area contributed by atoms with E-state index in [1.165, 1.54) is 70.6 Å². The van der Waals surface area contributed by atoms with Crippen LogP contribution in [-0.4, -0.2) is 10.9 Å². The molecule has 0 saturated carbocycles. The van der Waals surface area contributed by atoms with Gasteiger partial charge in [-0.1, -0.05) is 76.8 Å². The highest BCUT2D eigenvalue weighted by Crippen LogP contribution is 2.11. The first kappa shape index (κ1) is 17.5. The molecule has 108 valence electrons. The number of unbranched alkanes of at least 4 members (excludes halogenated alkanes) is 9. The second-order valence-corrected chi connectivity index (χ2v) is 5.35. The van der Waals surface area contributed by atoms with Crippen molar-refractivity contribution in [1.82, 2.24) is 0 Å². The summed E-state index contributed by atoms with van der Waals surface area (Å²) in [4.78, 5) is 0. The first-order valence-corrected chi connectivity index (χ1v) is 8.04. The number of oxime groups is 1. The van der Waals surface area contributed by atoms with Crippen molar-refractivity contribution in [2.45, 2.75) is 97.3 Å². The summed E-state index contributed by atoms with van der Waals surface area (Å²) < 4.78 is 0. The maximum atomic E-state index is 8.96. The summed E-state index contributed by atoms with van der Waals surface area (Å²) >= 11 is 0. The second-order valence-electron chi connectivity index (χ2n) is 5.35. The highest BCUT2D eigenvalue weighted by molar-refractivity contribution is 5.83. The van der Waals surface area contributed by atoms with E-state index >= 15 is 0 Å². The molecule has 0 heterocycles. The third-order valence-electron chi connectivity index (χ3n) is 3.53. The molecule has 2 heteroatoms. The van der Waals surface area contributed by atoms with Crippen molar-refractivity contribution >= 4 is 5.71 Å². The maximum Gasteiger partial charge on any atom is 0.0570 e. The van der Waals surface area contributed by atoms with Crippen molar-refractivity contribution in [1.29, 1.82) is 0 Å². The van der Waals surface area contributed by atoms with E-state index in [0.29, 0.717) is 0 Å². The van der Waals surface area contributed by atoms with Gasteiger partial charge in [-0.2, -0.15) is 0 Å². The van der Waals surface area contributed by atoms with Crippen molar-refractivity contribution in [3.05, 3.63) is 0 Å². The Morgan fingerprint density at radius 1 is 0.667 bits per heavy atom. The summed E-state index contributed by atoms with van der Waals surface area (Å²) in [5.74, 6) is 0. The molecule has 2 nitrogen and oxygen atoms in total. The summed E-state index contributed by atoms with van der Waals surface area (Å²) in [5, 5.41) is 12.4. The summed E-state index contributed by atoms with van der Waals surface area (Å²) in [5.41, 5.74) is 1.02. The highest BCUT2D eigenvalue weighted by atomic mass is 16.4. The van der Waals surface area contributed by atoms with Gasteiger partial charge in [-0.3, -0.25) is 0 Å². The topological polar surface area (TPSA) is 32.6 Å². The molecule has 0 radical (unpaired) electrons. The average molecular weight is 255 g/mol. The smallest absolute Gasteiger partial charge is 0.0570 e. The Balaban J connectivity index is 3.36. The van der Waals surface area contributed by atoms with Crippen LogP contribution in [0.25, 0.3) is 0 Å². The lowest BCUT2D eigenvalue weighted by molar-refractivity contribution is 0.315. The van der Waals surface area contributed by atoms with E-state index in [0.717, 1.165) is 18.6 Å². The van der Waals surface area contributed by atoms with Gasteiger partial charge in [0.25, 0.3) is 0 Å². The third kappa shape index (κ3) is 11.9. The molecule has 0 fully saturated rings. The standard InChI is InChI=1S/C16H33NO/c1-3-5-7-9-11-13-15-16(17-18)14-12-10-8-6-4-2/h18H,3-15H2,1-2H3. The lowest BCUT2D eigenvalue weighted by Crippen LogP contribution is -1.99. The zero-order chi connectivity index (χ0) is 13.5. The van der Waals surface area contributed by atoms with Crippen LogP contribution in [0.1, 0.15) is 97.3 Å². The van der Waals surface area contributed by atoms with E-state index < -0.39 is 0 Å². The van der Waals surface area contributed by atoms with Crippen molar-refractivity contribution in [2.75, 3.05) is 0 Å². The van der Waals surface area contributed by atoms with Gasteiger partial charge in [-0.15, -0.1) is 0 Å². The van der Waals surface area contributed by atoms with Gasteiger partial charge in [0.2, 0.25) is 0 Å². The van der Waals surface area contributed by atoms with Crippen LogP contribution in [0, 0.1) is 0 Å². The van der Waals surface area contributed by atoms with Gasteiger partial charge in [0.15, 0.2) is 0 Å². The van der Waals surface area contributed by atoms with Gasteiger partial charge in [0, 0.05) is 0 Å². The second kappa shape index (κ2) is 14.5. The van der Waals surface area contributed by atoms with Gasteiger partial charge in [0.05, 0.1) is 5.71 Å². The number of hydrogen-bond donors (Lipinski definition) is 1. The lowest BCUT2D eigenvalue weighted by atomic mass is 10.0. The SMILES string of the molecule is CCCCCCCCC(CCCCCCC)=NO. The Hall–Kier alpha value is -0.530. The first-order chi connectivity index (χ1) is 8.85. The van der Waals surface area contributed by atoms with Gasteiger partial charge >= 0.3 is 0 Å². The van der Waals surface area contributed by atoms with Crippen molar-refractivity contribution in [3.63, 3.8) is 0 Å². The van der Waals surface area contributed by atoms with Gasteiger partial charge in [-0.05, 0) is 25.7 Å². The molecule has 0 rings (SSSR count). The van der Waals surface area contributed by atoms with Crippen LogP contribution in [0.2, 0.25) is 0 Å². The van der Waals surface area contributed by atoms with E-state index in [-0.39, 0.29) is 0 Å². The van der Waals surface area contributed by atoms with Crippen LogP contribution in [-0.2, 0) is 0 Å². The zero-order valence-electron chi connectivity index (χ0n) is 12.6. The summed E-state index contributed by atoms with van der Waals surface area (Å²) in [6.07, 6.45) is 16.3. The normalized spacial score (nSPS) is 12.0. The molecular formula is C16H33NO. The molecule has 0 amide bonds. The van der Waals surface area contributed by atoms with Gasteiger partial charge in [0.1, 0.15) is 0 Å². The zero-order valence-corrected chi connectivity index (χ0v) is 12.6. The van der Waals surface area contributed by atoms with Crippen LogP contribution in [0.3, 0.4) is 0 Å². The minimum Gasteiger partial charge on any atom is -0.411 e. The summed E-state index contributed by atoms with van der Waals surface area (Å²) in [6, 6.07) is 0. The van der Waals surface area contributed by atoms with Gasteiger partial charge < -0.3 is 5.21 Å². The Labute approximate surface area is 114 Å². The number of rotatable bonds is 13. The van der Waals surface area contributed by atoms with E-state index in [4.69, 9.17) is 5.21 Å². The molecule has 0 atom stereocenters. The quantitative estimate of drug-likeness (QED) is 0.188. The molecule has 0 unspecified atom stereocenters. The average Bonchev–Trinajstić information content (AvgIpc) is 2.40. The summed E-state index contributed by atoms with van der Waals surface area (Å²) in [6.45, 7) is 4.48. The fourth-order valence-electron chi connectivity index (χ4n) is 2.27. The van der Waals surface area contributed by atoms with Crippen molar-refractivity contribution in [3.8, 4) is 0 Å². The number of hydrogen-bond acceptors (Lipinski definition) is 2. The van der Waals surface area contributed by atoms with Crippen molar-refractivity contribution in [2.24, 2.45) is 5.16 Å². The Kier molecular flexibility index (Phi) is 14.1. The molecule has 1 N–H and O–H groups in total. The highest BCUT2D eigenvalue weighted by Gasteiger charge is 2.01. The fraction of sp³-hybridized carbons (Fsp3) is 0.938. The molecule has 0 aromatic carbocycles. The molecule has 0 aliphatic heterocycles. The van der Waals surface area contributed by atoms with E-state index in [1.807, 2.05) is 0 Å². The Morgan fingerprint density at radius 3 is 1.44 bits per heavy atom. The predicted octanol–water partition coefficient (Wildman–Crippen LogP) is 5.93. The fourth-order valence-corrected chi connectivity index (χ4v) is 2.27. The first-order valence-electron chi connectivity index (χ1n) is 8.04. The minimum atomic E-state index is 0.995. The van der Waals surface area contributed by atoms with Crippen LogP contribution >= 0.6 is 0 Å². The molecular weight excluding hydrogens is 222 g/mol. The molecule has 0 aromatic rings. The Bertz CT molecular complexity index is 190. The molecule has 0 aliphatic rings. The molecule has 0 spiro atoms. The van der Waals surface area contributed by atoms with Crippen LogP contribution < -0.4 is 0 Å². The number of nitrogens with zero attached hydrogens (tertiary/aromatic N) is 1. The molecule has 0 aromatic heterocycles. The monoisotopic (exact) mass is 255 g/mol.